The van der Waals surface area contributed by atoms with Crippen molar-refractivity contribution >= 4 is 23.4 Å². The number of aryl methyl sites for hydroxylation is 2. The molecule has 0 amide bonds. The van der Waals surface area contributed by atoms with Crippen molar-refractivity contribution < 1.29 is 4.39 Å². The Morgan fingerprint density at radius 2 is 2.16 bits per heavy atom. The molecule has 25 heavy (non-hydrogen) atoms. The molecular formula is C17H20FN7. The third kappa shape index (κ3) is 3.23. The maximum absolute atomic E-state index is 13.7. The van der Waals surface area contributed by atoms with Gasteiger partial charge in [-0.15, -0.1) is 0 Å². The average molecular weight is 341 g/mol. The molecule has 0 spiro atoms. The molecule has 3 heterocycles. The highest BCUT2D eigenvalue weighted by Gasteiger charge is 2.13. The first kappa shape index (κ1) is 16.7. The van der Waals surface area contributed by atoms with Gasteiger partial charge in [0, 0.05) is 35.6 Å². The summed E-state index contributed by atoms with van der Waals surface area (Å²) in [7, 11) is 1.87. The summed E-state index contributed by atoms with van der Waals surface area (Å²) in [5.41, 5.74) is 14.5. The van der Waals surface area contributed by atoms with Crippen LogP contribution in [0.25, 0.3) is 11.8 Å². The Morgan fingerprint density at radius 3 is 2.88 bits per heavy atom. The van der Waals surface area contributed by atoms with Crippen molar-refractivity contribution in [1.82, 2.24) is 14.8 Å². The monoisotopic (exact) mass is 341 g/mol. The number of nitrogen functional groups attached to an aromatic ring is 1. The Morgan fingerprint density at radius 1 is 1.40 bits per heavy atom. The van der Waals surface area contributed by atoms with Gasteiger partial charge in [-0.3, -0.25) is 9.67 Å². The van der Waals surface area contributed by atoms with E-state index in [1.54, 1.807) is 4.68 Å². The maximum atomic E-state index is 13.7. The van der Waals surface area contributed by atoms with E-state index < -0.39 is 5.82 Å². The van der Waals surface area contributed by atoms with Gasteiger partial charge in [0.2, 0.25) is 0 Å². The van der Waals surface area contributed by atoms with E-state index in [9.17, 15) is 4.39 Å². The first-order valence-corrected chi connectivity index (χ1v) is 7.78. The number of nitrogens with two attached hydrogens (primary N) is 2. The van der Waals surface area contributed by atoms with E-state index in [0.717, 1.165) is 22.1 Å². The van der Waals surface area contributed by atoms with Crippen LogP contribution in [0, 0.1) is 12.7 Å². The Bertz CT molecular complexity index is 1000. The standard InChI is InChI=1S/C17H20FN7/c1-9(19)13-8-14(18)15(20)23-16(13)22-11-4-5-12-10(2)24-25(3)17(12)21-7-6-11/h5-6,8H,1,4,7,19H2,2-3H3,(H3,20,22,23)/b11-6+,12-5-,21-17?. The Balaban J connectivity index is 1.96. The maximum Gasteiger partial charge on any atom is 0.166 e. The van der Waals surface area contributed by atoms with Gasteiger partial charge in [0.05, 0.1) is 12.2 Å². The van der Waals surface area contributed by atoms with Gasteiger partial charge in [0.1, 0.15) is 5.82 Å². The van der Waals surface area contributed by atoms with Crippen molar-refractivity contribution in [3.05, 3.63) is 52.2 Å². The van der Waals surface area contributed by atoms with E-state index in [4.69, 9.17) is 11.5 Å². The lowest BCUT2D eigenvalue weighted by molar-refractivity contribution is 0.627. The Labute approximate surface area is 144 Å². The number of hydrogen-bond acceptors (Lipinski definition) is 6. The normalized spacial score (nSPS) is 17.1. The third-order valence-corrected chi connectivity index (χ3v) is 3.97. The van der Waals surface area contributed by atoms with Gasteiger partial charge < -0.3 is 16.8 Å². The van der Waals surface area contributed by atoms with Crippen LogP contribution in [0.1, 0.15) is 17.7 Å². The van der Waals surface area contributed by atoms with Crippen LogP contribution < -0.4 is 27.5 Å². The minimum Gasteiger partial charge on any atom is -0.399 e. The molecular weight excluding hydrogens is 321 g/mol. The molecule has 0 atom stereocenters. The number of rotatable bonds is 3. The summed E-state index contributed by atoms with van der Waals surface area (Å²) in [6, 6.07) is 1.23. The fraction of sp³-hybridized carbons (Fsp3) is 0.235. The molecule has 0 bridgehead atoms. The van der Waals surface area contributed by atoms with E-state index in [2.05, 4.69) is 27.0 Å². The second-order valence-electron chi connectivity index (χ2n) is 5.83. The molecule has 0 aliphatic carbocycles. The molecule has 3 rings (SSSR count). The van der Waals surface area contributed by atoms with Crippen molar-refractivity contribution in [2.24, 2.45) is 17.8 Å². The van der Waals surface area contributed by atoms with E-state index in [0.29, 0.717) is 24.3 Å². The number of hydrogen-bond donors (Lipinski definition) is 3. The molecule has 2 aromatic heterocycles. The lowest BCUT2D eigenvalue weighted by atomic mass is 10.1. The highest BCUT2D eigenvalue weighted by Crippen LogP contribution is 2.24. The summed E-state index contributed by atoms with van der Waals surface area (Å²) in [5.74, 6) is -0.455. The van der Waals surface area contributed by atoms with Gasteiger partial charge in [0.15, 0.2) is 17.1 Å². The molecule has 0 radical (unpaired) electrons. The highest BCUT2D eigenvalue weighted by atomic mass is 19.1. The predicted molar refractivity (Wildman–Crippen MR) is 96.2 cm³/mol. The van der Waals surface area contributed by atoms with Crippen LogP contribution >= 0.6 is 0 Å². The van der Waals surface area contributed by atoms with Crippen LogP contribution in [-0.4, -0.2) is 21.3 Å². The smallest absolute Gasteiger partial charge is 0.166 e. The van der Waals surface area contributed by atoms with Crippen LogP contribution in [0.4, 0.5) is 16.0 Å². The summed E-state index contributed by atoms with van der Waals surface area (Å²) in [4.78, 5) is 8.61. The van der Waals surface area contributed by atoms with Crippen molar-refractivity contribution in [3.8, 4) is 0 Å². The second-order valence-corrected chi connectivity index (χ2v) is 5.83. The molecule has 5 N–H and O–H groups in total. The fourth-order valence-corrected chi connectivity index (χ4v) is 2.72. The molecule has 8 heteroatoms. The minimum atomic E-state index is -0.629. The molecule has 0 saturated heterocycles. The largest absolute Gasteiger partial charge is 0.399 e. The van der Waals surface area contributed by atoms with Crippen molar-refractivity contribution in [2.45, 2.75) is 13.3 Å². The molecule has 7 nitrogen and oxygen atoms in total. The van der Waals surface area contributed by atoms with Crippen LogP contribution in [0.3, 0.4) is 0 Å². The highest BCUT2D eigenvalue weighted by molar-refractivity contribution is 5.73. The van der Waals surface area contributed by atoms with Crippen LogP contribution in [0.5, 0.6) is 0 Å². The average Bonchev–Trinajstić information content (AvgIpc) is 2.77. The van der Waals surface area contributed by atoms with Gasteiger partial charge in [-0.05, 0) is 19.1 Å². The minimum absolute atomic E-state index is 0.196. The first-order chi connectivity index (χ1) is 11.9. The van der Waals surface area contributed by atoms with Crippen LogP contribution in [0.15, 0.2) is 29.4 Å². The molecule has 0 saturated carbocycles. The van der Waals surface area contributed by atoms with E-state index >= 15 is 0 Å². The number of anilines is 2. The number of nitrogens with zero attached hydrogens (tertiary/aromatic N) is 4. The van der Waals surface area contributed by atoms with E-state index in [-0.39, 0.29) is 11.5 Å². The molecule has 0 unspecified atom stereocenters. The van der Waals surface area contributed by atoms with Crippen molar-refractivity contribution in [3.63, 3.8) is 0 Å². The zero-order chi connectivity index (χ0) is 18.1. The Hall–Kier alpha value is -3.16. The molecule has 1 aliphatic heterocycles. The van der Waals surface area contributed by atoms with Crippen LogP contribution in [-0.2, 0) is 7.05 Å². The fourth-order valence-electron chi connectivity index (χ4n) is 2.72. The van der Waals surface area contributed by atoms with Gasteiger partial charge in [-0.1, -0.05) is 12.7 Å². The Kier molecular flexibility index (Phi) is 4.26. The predicted octanol–water partition coefficient (Wildman–Crippen LogP) is 0.574. The van der Waals surface area contributed by atoms with Gasteiger partial charge in [0.25, 0.3) is 0 Å². The summed E-state index contributed by atoms with van der Waals surface area (Å²) in [5, 5.41) is 8.57. The topological polar surface area (TPSA) is 107 Å². The lowest BCUT2D eigenvalue weighted by Gasteiger charge is -2.14. The van der Waals surface area contributed by atoms with Crippen molar-refractivity contribution in [2.75, 3.05) is 17.6 Å². The van der Waals surface area contributed by atoms with Crippen molar-refractivity contribution in [1.29, 1.82) is 0 Å². The zero-order valence-corrected chi connectivity index (χ0v) is 14.2. The van der Waals surface area contributed by atoms with E-state index in [1.165, 1.54) is 6.07 Å². The number of fused-ring (bicyclic) bond motifs is 1. The van der Waals surface area contributed by atoms with E-state index in [1.807, 2.05) is 26.1 Å². The molecule has 1 aliphatic rings. The summed E-state index contributed by atoms with van der Waals surface area (Å²) < 4.78 is 15.4. The molecule has 130 valence electrons. The summed E-state index contributed by atoms with van der Waals surface area (Å²) in [6.07, 6.45) is 4.60. The number of halogens is 1. The zero-order valence-electron chi connectivity index (χ0n) is 14.2. The number of pyridine rings is 1. The second kappa shape index (κ2) is 6.39. The molecule has 2 aromatic rings. The third-order valence-electron chi connectivity index (χ3n) is 3.97. The summed E-state index contributed by atoms with van der Waals surface area (Å²) in [6.45, 7) is 6.09. The number of nitrogens with one attached hydrogen (secondary N) is 1. The molecule has 0 aromatic carbocycles. The SMILES string of the molecule is C=C(N)c1cc(F)c(N)nc1N/C1=C/CN=c2/c(c(C)nn2C)=C\C1. The number of allylic oxidation sites excluding steroid dienone is 1. The number of aromatic nitrogens is 3. The first-order valence-electron chi connectivity index (χ1n) is 7.78. The van der Waals surface area contributed by atoms with Crippen LogP contribution in [0.2, 0.25) is 0 Å². The van der Waals surface area contributed by atoms with Gasteiger partial charge in [-0.25, -0.2) is 9.37 Å². The van der Waals surface area contributed by atoms with Gasteiger partial charge >= 0.3 is 0 Å². The molecule has 0 fully saturated rings. The lowest BCUT2D eigenvalue weighted by Crippen LogP contribution is -2.30. The quantitative estimate of drug-likeness (QED) is 0.757. The summed E-state index contributed by atoms with van der Waals surface area (Å²) >= 11 is 0. The van der Waals surface area contributed by atoms with Gasteiger partial charge in [-0.2, -0.15) is 5.10 Å².